The number of hydrogen-bond donors (Lipinski definition) is 1. The summed E-state index contributed by atoms with van der Waals surface area (Å²) in [4.78, 5) is 19.2. The van der Waals surface area contributed by atoms with Gasteiger partial charge in [0.05, 0.1) is 6.04 Å². The lowest BCUT2D eigenvalue weighted by molar-refractivity contribution is 0.134. The first-order valence-electron chi connectivity index (χ1n) is 8.67. The van der Waals surface area contributed by atoms with E-state index in [2.05, 4.69) is 56.9 Å². The van der Waals surface area contributed by atoms with Gasteiger partial charge in [0.15, 0.2) is 11.3 Å². The highest BCUT2D eigenvalue weighted by Crippen LogP contribution is 2.31. The Balaban J connectivity index is 1.61. The summed E-state index contributed by atoms with van der Waals surface area (Å²) in [6.45, 7) is 6.42. The molecule has 3 aromatic rings. The maximum absolute atomic E-state index is 4.69. The van der Waals surface area contributed by atoms with Gasteiger partial charge in [-0.05, 0) is 49.9 Å². The van der Waals surface area contributed by atoms with Crippen LogP contribution in [-0.2, 0) is 6.54 Å². The highest BCUT2D eigenvalue weighted by Gasteiger charge is 2.27. The number of fused-ring (bicyclic) bond motifs is 1. The van der Waals surface area contributed by atoms with Crippen LogP contribution < -0.4 is 0 Å². The van der Waals surface area contributed by atoms with Gasteiger partial charge in [-0.2, -0.15) is 0 Å². The Bertz CT molecular complexity index is 821. The molecule has 1 aromatic carbocycles. The quantitative estimate of drug-likeness (QED) is 0.799. The lowest BCUT2D eigenvalue weighted by atomic mass is 9.99. The first-order chi connectivity index (χ1) is 11.7. The summed E-state index contributed by atoms with van der Waals surface area (Å²) in [6.07, 6.45) is 7.02. The molecule has 0 amide bonds. The fourth-order valence-corrected chi connectivity index (χ4v) is 3.55. The molecule has 1 aliphatic rings. The van der Waals surface area contributed by atoms with Crippen molar-refractivity contribution in [3.05, 3.63) is 53.1 Å². The van der Waals surface area contributed by atoms with Crippen LogP contribution in [0.25, 0.3) is 11.3 Å². The van der Waals surface area contributed by atoms with Crippen LogP contribution in [0.15, 0.2) is 30.6 Å². The first-order valence-corrected chi connectivity index (χ1v) is 8.67. The van der Waals surface area contributed by atoms with E-state index in [1.807, 2.05) is 0 Å². The topological polar surface area (TPSA) is 57.7 Å². The molecule has 1 fully saturated rings. The van der Waals surface area contributed by atoms with Crippen molar-refractivity contribution < 1.29 is 0 Å². The number of piperidine rings is 1. The summed E-state index contributed by atoms with van der Waals surface area (Å²) in [5, 5.41) is 0. The molecule has 0 aliphatic carbocycles. The van der Waals surface area contributed by atoms with E-state index in [1.165, 1.54) is 29.5 Å². The zero-order chi connectivity index (χ0) is 16.5. The Morgan fingerprint density at radius 1 is 1.12 bits per heavy atom. The second-order valence-electron chi connectivity index (χ2n) is 6.75. The number of aryl methyl sites for hydroxylation is 2. The second-order valence-corrected chi connectivity index (χ2v) is 6.75. The van der Waals surface area contributed by atoms with Crippen molar-refractivity contribution in [2.45, 2.75) is 45.7 Å². The lowest BCUT2D eigenvalue weighted by Crippen LogP contribution is -2.33. The van der Waals surface area contributed by atoms with E-state index < -0.39 is 0 Å². The van der Waals surface area contributed by atoms with Crippen molar-refractivity contribution >= 4 is 11.3 Å². The van der Waals surface area contributed by atoms with E-state index in [0.29, 0.717) is 11.7 Å². The van der Waals surface area contributed by atoms with Gasteiger partial charge in [0, 0.05) is 18.9 Å². The summed E-state index contributed by atoms with van der Waals surface area (Å²) in [7, 11) is 0. The molecule has 5 heteroatoms. The third-order valence-corrected chi connectivity index (χ3v) is 5.04. The van der Waals surface area contributed by atoms with Crippen LogP contribution >= 0.6 is 0 Å². The van der Waals surface area contributed by atoms with Crippen LogP contribution in [0.4, 0.5) is 0 Å². The van der Waals surface area contributed by atoms with Crippen molar-refractivity contribution in [1.29, 1.82) is 0 Å². The average Bonchev–Trinajstić information content (AvgIpc) is 3.02. The van der Waals surface area contributed by atoms with Crippen LogP contribution in [0, 0.1) is 13.8 Å². The SMILES string of the molecule is Cc1ccc(CN2CCCCC2c2nc3nccnc3[nH]2)cc1C. The number of nitrogens with zero attached hydrogens (tertiary/aromatic N) is 4. The number of likely N-dealkylation sites (tertiary alicyclic amines) is 1. The van der Waals surface area contributed by atoms with E-state index in [1.54, 1.807) is 12.4 Å². The van der Waals surface area contributed by atoms with Crippen molar-refractivity contribution in [3.63, 3.8) is 0 Å². The molecule has 1 atom stereocenters. The van der Waals surface area contributed by atoms with Crippen molar-refractivity contribution in [2.24, 2.45) is 0 Å². The van der Waals surface area contributed by atoms with E-state index in [-0.39, 0.29) is 0 Å². The summed E-state index contributed by atoms with van der Waals surface area (Å²) in [5.74, 6) is 1.000. The van der Waals surface area contributed by atoms with Gasteiger partial charge in [0.2, 0.25) is 0 Å². The molecule has 24 heavy (non-hydrogen) atoms. The molecule has 124 valence electrons. The number of benzene rings is 1. The summed E-state index contributed by atoms with van der Waals surface area (Å²) in [5.41, 5.74) is 5.58. The molecule has 1 aliphatic heterocycles. The monoisotopic (exact) mass is 321 g/mol. The summed E-state index contributed by atoms with van der Waals surface area (Å²) in [6, 6.07) is 7.09. The summed E-state index contributed by atoms with van der Waals surface area (Å²) >= 11 is 0. The number of nitrogens with one attached hydrogen (secondary N) is 1. The van der Waals surface area contributed by atoms with Crippen LogP contribution in [-0.4, -0.2) is 31.4 Å². The van der Waals surface area contributed by atoms with E-state index in [9.17, 15) is 0 Å². The Labute approximate surface area is 142 Å². The minimum absolute atomic E-state index is 0.316. The smallest absolute Gasteiger partial charge is 0.197 e. The van der Waals surface area contributed by atoms with Gasteiger partial charge in [-0.15, -0.1) is 0 Å². The standard InChI is InChI=1S/C19H23N5/c1-13-6-7-15(11-14(13)2)12-24-10-4-3-5-16(24)17-22-18-19(23-17)21-9-8-20-18/h6-9,11,16H,3-5,10,12H2,1-2H3,(H,20,21,22,23). The highest BCUT2D eigenvalue weighted by atomic mass is 15.2. The van der Waals surface area contributed by atoms with Crippen LogP contribution in [0.3, 0.4) is 0 Å². The molecule has 4 rings (SSSR count). The Kier molecular flexibility index (Phi) is 4.02. The molecule has 1 saturated heterocycles. The van der Waals surface area contributed by atoms with Gasteiger partial charge in [0.25, 0.3) is 0 Å². The Hall–Kier alpha value is -2.27. The second kappa shape index (κ2) is 6.32. The average molecular weight is 321 g/mol. The zero-order valence-corrected chi connectivity index (χ0v) is 14.3. The third-order valence-electron chi connectivity index (χ3n) is 5.04. The van der Waals surface area contributed by atoms with E-state index in [4.69, 9.17) is 0 Å². The number of imidazole rings is 1. The maximum Gasteiger partial charge on any atom is 0.197 e. The number of hydrogen-bond acceptors (Lipinski definition) is 4. The Morgan fingerprint density at radius 2 is 2.00 bits per heavy atom. The molecule has 2 aromatic heterocycles. The normalized spacial score (nSPS) is 19.0. The molecular weight excluding hydrogens is 298 g/mol. The van der Waals surface area contributed by atoms with Crippen molar-refractivity contribution in [1.82, 2.24) is 24.8 Å². The maximum atomic E-state index is 4.69. The van der Waals surface area contributed by atoms with Crippen molar-refractivity contribution in [3.8, 4) is 0 Å². The van der Waals surface area contributed by atoms with Crippen LogP contribution in [0.1, 0.15) is 47.8 Å². The number of aromatic nitrogens is 4. The predicted octanol–water partition coefficient (Wildman–Crippen LogP) is 3.70. The minimum atomic E-state index is 0.316. The molecule has 0 saturated carbocycles. The fourth-order valence-electron chi connectivity index (χ4n) is 3.55. The predicted molar refractivity (Wildman–Crippen MR) is 94.6 cm³/mol. The van der Waals surface area contributed by atoms with E-state index in [0.717, 1.165) is 31.0 Å². The Morgan fingerprint density at radius 3 is 2.83 bits per heavy atom. The molecule has 1 unspecified atom stereocenters. The van der Waals surface area contributed by atoms with E-state index >= 15 is 0 Å². The molecular formula is C19H23N5. The number of H-pyrrole nitrogens is 1. The summed E-state index contributed by atoms with van der Waals surface area (Å²) < 4.78 is 0. The fraction of sp³-hybridized carbons (Fsp3) is 0.421. The van der Waals surface area contributed by atoms with Crippen molar-refractivity contribution in [2.75, 3.05) is 6.54 Å². The zero-order valence-electron chi connectivity index (χ0n) is 14.3. The van der Waals surface area contributed by atoms with Crippen LogP contribution in [0.2, 0.25) is 0 Å². The first kappa shape index (κ1) is 15.3. The molecule has 0 spiro atoms. The number of aromatic amines is 1. The number of rotatable bonds is 3. The van der Waals surface area contributed by atoms with Gasteiger partial charge < -0.3 is 4.98 Å². The van der Waals surface area contributed by atoms with Gasteiger partial charge >= 0.3 is 0 Å². The van der Waals surface area contributed by atoms with Gasteiger partial charge in [-0.25, -0.2) is 15.0 Å². The molecule has 5 nitrogen and oxygen atoms in total. The van der Waals surface area contributed by atoms with Crippen LogP contribution in [0.5, 0.6) is 0 Å². The lowest BCUT2D eigenvalue weighted by Gasteiger charge is -2.34. The highest BCUT2D eigenvalue weighted by molar-refractivity contribution is 5.64. The largest absolute Gasteiger partial charge is 0.324 e. The molecule has 0 radical (unpaired) electrons. The third kappa shape index (κ3) is 2.91. The van der Waals surface area contributed by atoms with Gasteiger partial charge in [-0.1, -0.05) is 24.6 Å². The van der Waals surface area contributed by atoms with Gasteiger partial charge in [0.1, 0.15) is 5.82 Å². The molecule has 3 heterocycles. The minimum Gasteiger partial charge on any atom is -0.324 e. The molecule has 0 bridgehead atoms. The molecule has 1 N–H and O–H groups in total. The van der Waals surface area contributed by atoms with Gasteiger partial charge in [-0.3, -0.25) is 4.90 Å².